The number of aliphatic hydroxyl groups is 3. The van der Waals surface area contributed by atoms with Gasteiger partial charge in [0.05, 0.1) is 19.8 Å². The lowest BCUT2D eigenvalue weighted by Gasteiger charge is -2.28. The van der Waals surface area contributed by atoms with Gasteiger partial charge in [-0.3, -0.25) is 45.0 Å². The Bertz CT molecular complexity index is 1450. The molecule has 0 saturated carbocycles. The van der Waals surface area contributed by atoms with Gasteiger partial charge in [-0.15, -0.1) is 0 Å². The number of hydrogen-bond donors (Lipinski definition) is 20. The summed E-state index contributed by atoms with van der Waals surface area (Å²) in [5.74, 6) is -8.97. The van der Waals surface area contributed by atoms with Gasteiger partial charge in [0.2, 0.25) is 35.4 Å². The molecule has 0 bridgehead atoms. The Hall–Kier alpha value is -6.06. The third kappa shape index (κ3) is 21.9. The molecule has 0 rings (SSSR count). The SMILES string of the molecule is CC(C)[C@H](NC(=O)[C@H](CCCNC(=N)N)NC(=O)[C@@H](N)CO)C(=O)N[C@@H](CO)C(=O)N[C@@H](CCCNC(=N)N)C(=O)N[C@@H](CCCNC(=N)N)C(=O)N[C@@H](CO)C(=O)O. The molecule has 27 nitrogen and oxygen atoms in total. The molecule has 0 aromatic carbocycles. The van der Waals surface area contributed by atoms with Crippen molar-refractivity contribution in [2.75, 3.05) is 39.5 Å². The quantitative estimate of drug-likeness (QED) is 0.0189. The smallest absolute Gasteiger partial charge is 0.328 e. The normalized spacial score (nSPS) is 14.4. The first-order valence-electron chi connectivity index (χ1n) is 18.6. The number of carbonyl (C=O) groups is 7. The number of guanidine groups is 3. The highest BCUT2D eigenvalue weighted by molar-refractivity contribution is 5.97. The molecule has 0 radical (unpaired) electrons. The molecule has 0 heterocycles. The van der Waals surface area contributed by atoms with Crippen LogP contribution in [0.25, 0.3) is 0 Å². The molecule has 0 saturated heterocycles. The highest BCUT2D eigenvalue weighted by Gasteiger charge is 2.34. The van der Waals surface area contributed by atoms with Crippen LogP contribution in [-0.4, -0.2) is 161 Å². The van der Waals surface area contributed by atoms with E-state index in [1.165, 1.54) is 0 Å². The molecule has 0 spiro atoms. The second-order valence-electron chi connectivity index (χ2n) is 13.5. The number of aliphatic hydroxyl groups excluding tert-OH is 3. The molecule has 27 heteroatoms. The van der Waals surface area contributed by atoms with Gasteiger partial charge in [-0.25, -0.2) is 4.79 Å². The summed E-state index contributed by atoms with van der Waals surface area (Å²) in [4.78, 5) is 91.0. The molecule has 0 aliphatic rings. The predicted molar refractivity (Wildman–Crippen MR) is 211 cm³/mol. The number of carboxylic acids is 1. The van der Waals surface area contributed by atoms with E-state index >= 15 is 0 Å². The molecule has 336 valence electrons. The maximum Gasteiger partial charge on any atom is 0.328 e. The number of nitrogens with one attached hydrogen (secondary N) is 12. The second kappa shape index (κ2) is 28.4. The van der Waals surface area contributed by atoms with Crippen molar-refractivity contribution in [1.82, 2.24) is 47.9 Å². The zero-order valence-corrected chi connectivity index (χ0v) is 33.1. The van der Waals surface area contributed by atoms with Gasteiger partial charge >= 0.3 is 5.97 Å². The summed E-state index contributed by atoms with van der Waals surface area (Å²) >= 11 is 0. The molecule has 0 fully saturated rings. The first-order chi connectivity index (χ1) is 27.7. The van der Waals surface area contributed by atoms with Crippen molar-refractivity contribution in [1.29, 1.82) is 16.2 Å². The highest BCUT2D eigenvalue weighted by Crippen LogP contribution is 2.08. The summed E-state index contributed by atoms with van der Waals surface area (Å²) in [6, 6.07) is -10.3. The average Bonchev–Trinajstić information content (AvgIpc) is 3.16. The van der Waals surface area contributed by atoms with Crippen molar-refractivity contribution < 1.29 is 54.0 Å². The van der Waals surface area contributed by atoms with E-state index in [4.69, 9.17) is 39.2 Å². The highest BCUT2D eigenvalue weighted by atomic mass is 16.4. The van der Waals surface area contributed by atoms with Crippen LogP contribution >= 0.6 is 0 Å². The van der Waals surface area contributed by atoms with Crippen molar-refractivity contribution in [3.05, 3.63) is 0 Å². The summed E-state index contributed by atoms with van der Waals surface area (Å²) in [7, 11) is 0. The Balaban J connectivity index is 6.24. The average molecular weight is 847 g/mol. The molecule has 0 aromatic heterocycles. The van der Waals surface area contributed by atoms with E-state index in [0.29, 0.717) is 0 Å². The lowest BCUT2D eigenvalue weighted by molar-refractivity contribution is -0.143. The van der Waals surface area contributed by atoms with Gasteiger partial charge in [0.15, 0.2) is 17.9 Å². The van der Waals surface area contributed by atoms with E-state index in [-0.39, 0.29) is 76.0 Å². The van der Waals surface area contributed by atoms with E-state index < -0.39 is 109 Å². The topological polar surface area (TPSA) is 484 Å². The number of amides is 6. The minimum atomic E-state index is -1.72. The van der Waals surface area contributed by atoms with E-state index in [1.807, 2.05) is 0 Å². The van der Waals surface area contributed by atoms with E-state index in [9.17, 15) is 54.0 Å². The van der Waals surface area contributed by atoms with Gasteiger partial charge in [-0.1, -0.05) is 13.8 Å². The first-order valence-corrected chi connectivity index (χ1v) is 18.6. The molecule has 0 unspecified atom stereocenters. The summed E-state index contributed by atoms with van der Waals surface area (Å²) in [6.07, 6.45) is 0.138. The van der Waals surface area contributed by atoms with Gasteiger partial charge in [0.1, 0.15) is 42.3 Å². The second-order valence-corrected chi connectivity index (χ2v) is 13.5. The van der Waals surface area contributed by atoms with Crippen LogP contribution in [0.4, 0.5) is 0 Å². The summed E-state index contributed by atoms with van der Waals surface area (Å²) in [5, 5.41) is 81.8. The van der Waals surface area contributed by atoms with Crippen molar-refractivity contribution in [3.8, 4) is 0 Å². The Morgan fingerprint density at radius 2 is 0.814 bits per heavy atom. The molecular weight excluding hydrogens is 784 g/mol. The van der Waals surface area contributed by atoms with Crippen LogP contribution in [0.3, 0.4) is 0 Å². The molecule has 0 aromatic rings. The van der Waals surface area contributed by atoms with Crippen LogP contribution in [0, 0.1) is 22.1 Å². The maximum atomic E-state index is 13.6. The zero-order chi connectivity index (χ0) is 45.2. The van der Waals surface area contributed by atoms with Gasteiger partial charge in [0, 0.05) is 19.6 Å². The lowest BCUT2D eigenvalue weighted by atomic mass is 10.0. The Morgan fingerprint density at radius 1 is 0.492 bits per heavy atom. The summed E-state index contributed by atoms with van der Waals surface area (Å²) < 4.78 is 0. The van der Waals surface area contributed by atoms with Crippen LogP contribution in [0.1, 0.15) is 52.4 Å². The molecular formula is C32H62N16O11. The number of carboxylic acid groups (broad SMARTS) is 1. The number of nitrogens with two attached hydrogens (primary N) is 4. The van der Waals surface area contributed by atoms with Gasteiger partial charge in [0.25, 0.3) is 0 Å². The Morgan fingerprint density at radius 3 is 1.14 bits per heavy atom. The Labute approximate surface area is 340 Å². The lowest BCUT2D eigenvalue weighted by Crippen LogP contribution is -2.61. The van der Waals surface area contributed by atoms with E-state index in [2.05, 4.69) is 47.9 Å². The molecule has 59 heavy (non-hydrogen) atoms. The summed E-state index contributed by atoms with van der Waals surface area (Å²) in [6.45, 7) is 0.711. The molecule has 24 N–H and O–H groups in total. The first kappa shape index (κ1) is 52.9. The number of aliphatic carboxylic acids is 1. The standard InChI is InChI=1S/C32H62N16O11/c1-15(2)22(48-26(55)19(8-5-11-42-32(38)39)43-23(52)16(33)12-49)28(57)46-20(13-50)27(56)45-17(6-3-9-40-30(34)35)24(53)44-18(7-4-10-41-31(36)37)25(54)47-21(14-51)29(58)59/h15-22,49-51H,3-14,33H2,1-2H3,(H,43,52)(H,44,53)(H,45,56)(H,46,57)(H,47,54)(H,48,55)(H,58,59)(H4,34,35,40)(H4,36,37,41)(H4,38,39,42)/t16-,17-,18-,19-,20-,21-,22-/m0/s1. The maximum absolute atomic E-state index is 13.6. The fourth-order valence-corrected chi connectivity index (χ4v) is 5.00. The number of hydrogen-bond acceptors (Lipinski definition) is 14. The van der Waals surface area contributed by atoms with E-state index in [0.717, 1.165) is 0 Å². The Kier molecular flexibility index (Phi) is 25.4. The van der Waals surface area contributed by atoms with Gasteiger partial charge < -0.3 is 91.2 Å². The van der Waals surface area contributed by atoms with Crippen LogP contribution < -0.4 is 70.8 Å². The van der Waals surface area contributed by atoms with Crippen molar-refractivity contribution in [2.45, 2.75) is 94.7 Å². The molecule has 0 aliphatic carbocycles. The van der Waals surface area contributed by atoms with Crippen LogP contribution in [-0.2, 0) is 33.6 Å². The van der Waals surface area contributed by atoms with E-state index in [1.54, 1.807) is 13.8 Å². The van der Waals surface area contributed by atoms with Gasteiger partial charge in [-0.05, 0) is 44.4 Å². The van der Waals surface area contributed by atoms with Crippen molar-refractivity contribution >= 4 is 59.3 Å². The number of carbonyl (C=O) groups excluding carboxylic acids is 6. The monoisotopic (exact) mass is 846 g/mol. The fraction of sp³-hybridized carbons (Fsp3) is 0.688. The molecule has 7 atom stereocenters. The largest absolute Gasteiger partial charge is 0.480 e. The van der Waals surface area contributed by atoms with Crippen LogP contribution in [0.2, 0.25) is 0 Å². The van der Waals surface area contributed by atoms with Crippen LogP contribution in [0.15, 0.2) is 0 Å². The third-order valence-electron chi connectivity index (χ3n) is 8.25. The minimum Gasteiger partial charge on any atom is -0.480 e. The third-order valence-corrected chi connectivity index (χ3v) is 8.25. The molecule has 0 aliphatic heterocycles. The predicted octanol–water partition coefficient (Wildman–Crippen LogP) is -8.27. The minimum absolute atomic E-state index is 0.0190. The van der Waals surface area contributed by atoms with Crippen molar-refractivity contribution in [3.63, 3.8) is 0 Å². The molecule has 6 amide bonds. The van der Waals surface area contributed by atoms with Crippen molar-refractivity contribution in [2.24, 2.45) is 28.9 Å². The fourth-order valence-electron chi connectivity index (χ4n) is 5.00. The van der Waals surface area contributed by atoms with Crippen LogP contribution in [0.5, 0.6) is 0 Å². The zero-order valence-electron chi connectivity index (χ0n) is 33.1. The number of rotatable bonds is 29. The summed E-state index contributed by atoms with van der Waals surface area (Å²) in [5.41, 5.74) is 21.5. The van der Waals surface area contributed by atoms with Gasteiger partial charge in [-0.2, -0.15) is 0 Å².